The molecular weight excluding hydrogens is 230 g/mol. The van der Waals surface area contributed by atoms with Gasteiger partial charge >= 0.3 is 0 Å². The van der Waals surface area contributed by atoms with Crippen LogP contribution >= 0.6 is 0 Å². The van der Waals surface area contributed by atoms with Crippen molar-refractivity contribution < 1.29 is 9.57 Å². The first-order valence-corrected chi connectivity index (χ1v) is 6.06. The normalized spacial score (nSPS) is 21.2. The second-order valence-corrected chi connectivity index (χ2v) is 4.27. The van der Waals surface area contributed by atoms with E-state index in [0.717, 1.165) is 30.1 Å². The van der Waals surface area contributed by atoms with E-state index in [2.05, 4.69) is 10.5 Å². The molecule has 1 fully saturated rings. The van der Waals surface area contributed by atoms with Gasteiger partial charge in [0.2, 0.25) is 0 Å². The Morgan fingerprint density at radius 3 is 2.83 bits per heavy atom. The number of nitrogens with one attached hydrogen (secondary N) is 1. The van der Waals surface area contributed by atoms with E-state index in [-0.39, 0.29) is 0 Å². The first-order valence-electron chi connectivity index (χ1n) is 6.06. The average molecular weight is 249 g/mol. The first-order chi connectivity index (χ1) is 8.83. The Labute approximate surface area is 107 Å². The molecule has 1 saturated heterocycles. The number of methoxy groups -OCH3 is 1. The number of nitrogens with two attached hydrogens (primary N) is 1. The summed E-state index contributed by atoms with van der Waals surface area (Å²) < 4.78 is 5.09. The molecule has 0 saturated carbocycles. The molecule has 0 amide bonds. The highest BCUT2D eigenvalue weighted by Gasteiger charge is 2.21. The van der Waals surface area contributed by atoms with Crippen LogP contribution in [0.25, 0.3) is 0 Å². The van der Waals surface area contributed by atoms with Crippen LogP contribution in [0.5, 0.6) is 5.75 Å². The van der Waals surface area contributed by atoms with Gasteiger partial charge in [0.05, 0.1) is 12.8 Å². The highest BCUT2D eigenvalue weighted by atomic mass is 16.6. The number of hydrogen-bond acceptors (Lipinski definition) is 5. The molecule has 5 heteroatoms. The van der Waals surface area contributed by atoms with Crippen molar-refractivity contribution in [3.8, 4) is 5.75 Å². The van der Waals surface area contributed by atoms with E-state index in [9.17, 15) is 0 Å². The van der Waals surface area contributed by atoms with Crippen molar-refractivity contribution in [3.05, 3.63) is 29.8 Å². The van der Waals surface area contributed by atoms with Crippen LogP contribution in [0, 0.1) is 5.92 Å². The summed E-state index contributed by atoms with van der Waals surface area (Å²) in [5, 5.41) is 7.39. The Kier molecular flexibility index (Phi) is 4.55. The largest absolute Gasteiger partial charge is 0.497 e. The molecule has 18 heavy (non-hydrogen) atoms. The minimum absolute atomic E-state index is 0.306. The van der Waals surface area contributed by atoms with Crippen LogP contribution < -0.4 is 15.8 Å². The van der Waals surface area contributed by atoms with Crippen molar-refractivity contribution >= 4 is 5.71 Å². The Morgan fingerprint density at radius 2 is 2.17 bits per heavy atom. The predicted octanol–water partition coefficient (Wildman–Crippen LogP) is 0.746. The number of rotatable bonds is 5. The number of oxime groups is 1. The summed E-state index contributed by atoms with van der Waals surface area (Å²) in [6.45, 7) is 2.73. The second kappa shape index (κ2) is 6.37. The van der Waals surface area contributed by atoms with Gasteiger partial charge in [0.15, 0.2) is 0 Å². The summed E-state index contributed by atoms with van der Waals surface area (Å²) in [6.07, 6.45) is 0. The third-order valence-electron chi connectivity index (χ3n) is 3.02. The molecule has 1 atom stereocenters. The van der Waals surface area contributed by atoms with Gasteiger partial charge < -0.3 is 20.6 Å². The quantitative estimate of drug-likeness (QED) is 0.755. The lowest BCUT2D eigenvalue weighted by Gasteiger charge is -2.06. The van der Waals surface area contributed by atoms with Gasteiger partial charge in [0.25, 0.3) is 0 Å². The molecule has 1 heterocycles. The van der Waals surface area contributed by atoms with Crippen LogP contribution in [-0.2, 0) is 11.4 Å². The molecule has 0 bridgehead atoms. The standard InChI is InChI=1S/C13H19N3O2/c1-17-12-4-2-10(3-5-12)9-18-16-13-8-15-7-11(13)6-14/h2-5,11,15H,6-9,14H2,1H3. The third kappa shape index (κ3) is 3.21. The summed E-state index contributed by atoms with van der Waals surface area (Å²) >= 11 is 0. The first kappa shape index (κ1) is 12.9. The van der Waals surface area contributed by atoms with E-state index in [4.69, 9.17) is 15.3 Å². The SMILES string of the molecule is COc1ccc(CON=C2CNCC2CN)cc1. The lowest BCUT2D eigenvalue weighted by Crippen LogP contribution is -2.22. The van der Waals surface area contributed by atoms with E-state index >= 15 is 0 Å². The van der Waals surface area contributed by atoms with Gasteiger partial charge in [-0.25, -0.2) is 0 Å². The molecule has 1 aliphatic rings. The average Bonchev–Trinajstić information content (AvgIpc) is 2.87. The molecule has 1 aromatic rings. The Morgan fingerprint density at radius 1 is 1.39 bits per heavy atom. The molecule has 1 aliphatic heterocycles. The number of hydrogen-bond donors (Lipinski definition) is 2. The monoisotopic (exact) mass is 249 g/mol. The second-order valence-electron chi connectivity index (χ2n) is 4.27. The topological polar surface area (TPSA) is 68.9 Å². The highest BCUT2D eigenvalue weighted by molar-refractivity contribution is 5.90. The van der Waals surface area contributed by atoms with E-state index in [0.29, 0.717) is 19.1 Å². The zero-order valence-electron chi connectivity index (χ0n) is 10.6. The summed E-state index contributed by atoms with van der Waals surface area (Å²) in [5.74, 6) is 1.15. The minimum Gasteiger partial charge on any atom is -0.497 e. The van der Waals surface area contributed by atoms with Crippen molar-refractivity contribution in [3.63, 3.8) is 0 Å². The van der Waals surface area contributed by atoms with Crippen LogP contribution in [0.2, 0.25) is 0 Å². The van der Waals surface area contributed by atoms with Crippen LogP contribution in [0.15, 0.2) is 29.4 Å². The van der Waals surface area contributed by atoms with Gasteiger partial charge in [-0.3, -0.25) is 0 Å². The molecule has 5 nitrogen and oxygen atoms in total. The summed E-state index contributed by atoms with van der Waals surface area (Å²) in [7, 11) is 1.65. The van der Waals surface area contributed by atoms with Gasteiger partial charge in [-0.05, 0) is 17.7 Å². The van der Waals surface area contributed by atoms with Gasteiger partial charge in [0.1, 0.15) is 12.4 Å². The third-order valence-corrected chi connectivity index (χ3v) is 3.02. The molecule has 1 unspecified atom stereocenters. The van der Waals surface area contributed by atoms with Crippen molar-refractivity contribution in [2.45, 2.75) is 6.61 Å². The van der Waals surface area contributed by atoms with E-state index in [1.165, 1.54) is 0 Å². The van der Waals surface area contributed by atoms with Crippen LogP contribution in [0.1, 0.15) is 5.56 Å². The van der Waals surface area contributed by atoms with Crippen LogP contribution in [0.3, 0.4) is 0 Å². The van der Waals surface area contributed by atoms with Crippen molar-refractivity contribution in [2.24, 2.45) is 16.8 Å². The maximum absolute atomic E-state index is 5.65. The van der Waals surface area contributed by atoms with Crippen LogP contribution in [0.4, 0.5) is 0 Å². The van der Waals surface area contributed by atoms with Gasteiger partial charge in [-0.1, -0.05) is 17.3 Å². The lowest BCUT2D eigenvalue weighted by atomic mass is 10.1. The van der Waals surface area contributed by atoms with Gasteiger partial charge in [-0.15, -0.1) is 0 Å². The van der Waals surface area contributed by atoms with E-state index < -0.39 is 0 Å². The lowest BCUT2D eigenvalue weighted by molar-refractivity contribution is 0.129. The Bertz CT molecular complexity index is 403. The molecule has 1 aromatic carbocycles. The Balaban J connectivity index is 1.85. The fraction of sp³-hybridized carbons (Fsp3) is 0.462. The fourth-order valence-corrected chi connectivity index (χ4v) is 1.87. The van der Waals surface area contributed by atoms with E-state index in [1.807, 2.05) is 24.3 Å². The number of nitrogens with zero attached hydrogens (tertiary/aromatic N) is 1. The Hall–Kier alpha value is -1.59. The number of benzene rings is 1. The van der Waals surface area contributed by atoms with Gasteiger partial charge in [0, 0.05) is 25.6 Å². The predicted molar refractivity (Wildman–Crippen MR) is 70.6 cm³/mol. The summed E-state index contributed by atoms with van der Waals surface area (Å²) in [6, 6.07) is 7.75. The highest BCUT2D eigenvalue weighted by Crippen LogP contribution is 2.12. The summed E-state index contributed by atoms with van der Waals surface area (Å²) in [5.41, 5.74) is 7.72. The van der Waals surface area contributed by atoms with Crippen LogP contribution in [-0.4, -0.2) is 32.5 Å². The van der Waals surface area contributed by atoms with E-state index in [1.54, 1.807) is 7.11 Å². The fourth-order valence-electron chi connectivity index (χ4n) is 1.87. The smallest absolute Gasteiger partial charge is 0.142 e. The maximum Gasteiger partial charge on any atom is 0.142 e. The molecule has 3 N–H and O–H groups in total. The molecule has 0 radical (unpaired) electrons. The maximum atomic E-state index is 5.65. The number of ether oxygens (including phenoxy) is 1. The van der Waals surface area contributed by atoms with Gasteiger partial charge in [-0.2, -0.15) is 0 Å². The molecular formula is C13H19N3O2. The molecule has 2 rings (SSSR count). The molecule has 0 aromatic heterocycles. The minimum atomic E-state index is 0.306. The van der Waals surface area contributed by atoms with Crippen molar-refractivity contribution in [1.29, 1.82) is 0 Å². The zero-order chi connectivity index (χ0) is 12.8. The van der Waals surface area contributed by atoms with Crippen molar-refractivity contribution in [1.82, 2.24) is 5.32 Å². The molecule has 0 spiro atoms. The van der Waals surface area contributed by atoms with Crippen molar-refractivity contribution in [2.75, 3.05) is 26.7 Å². The summed E-state index contributed by atoms with van der Waals surface area (Å²) in [4.78, 5) is 5.36. The zero-order valence-corrected chi connectivity index (χ0v) is 10.6. The molecule has 98 valence electrons. The molecule has 0 aliphatic carbocycles.